The van der Waals surface area contributed by atoms with Crippen LogP contribution >= 0.6 is 0 Å². The molecule has 0 saturated carbocycles. The first-order valence-corrected chi connectivity index (χ1v) is 13.9. The van der Waals surface area contributed by atoms with E-state index in [1.165, 1.54) is 6.08 Å². The molecule has 0 spiro atoms. The van der Waals surface area contributed by atoms with Crippen LogP contribution in [0, 0.1) is 0 Å². The van der Waals surface area contributed by atoms with Crippen molar-refractivity contribution in [1.29, 1.82) is 0 Å². The van der Waals surface area contributed by atoms with E-state index in [1.807, 2.05) is 54.6 Å². The number of benzene rings is 4. The van der Waals surface area contributed by atoms with Crippen molar-refractivity contribution in [2.45, 2.75) is 25.0 Å². The molecule has 2 amide bonds. The maximum absolute atomic E-state index is 13.1. The number of hydrogen-bond donors (Lipinski definition) is 4. The fourth-order valence-electron chi connectivity index (χ4n) is 4.27. The van der Waals surface area contributed by atoms with Crippen molar-refractivity contribution < 1.29 is 28.9 Å². The first-order chi connectivity index (χ1) is 21.0. The highest BCUT2D eigenvalue weighted by Crippen LogP contribution is 2.31. The maximum atomic E-state index is 13.1. The molecule has 5 N–H and O–H groups in total. The number of aliphatic hydroxyl groups is 1. The lowest BCUT2D eigenvalue weighted by atomic mass is 9.99. The molecule has 43 heavy (non-hydrogen) atoms. The topological polar surface area (TPSA) is 132 Å². The van der Waals surface area contributed by atoms with Crippen molar-refractivity contribution in [3.8, 4) is 11.5 Å². The number of nitrogens with one attached hydrogen (secondary N) is 2. The molecule has 0 aliphatic rings. The number of para-hydroxylation sites is 4. The van der Waals surface area contributed by atoms with Gasteiger partial charge < -0.3 is 30.4 Å². The summed E-state index contributed by atoms with van der Waals surface area (Å²) in [6.45, 7) is -0.0188. The molecule has 9 heteroatoms. The number of carbonyl (C=O) groups excluding carboxylic acids is 2. The van der Waals surface area contributed by atoms with E-state index in [1.54, 1.807) is 60.7 Å². The number of nitrogens with two attached hydrogens (primary N) is 1. The molecule has 0 aliphatic heterocycles. The molecule has 0 saturated heterocycles. The lowest BCUT2D eigenvalue weighted by Crippen LogP contribution is -2.31. The van der Waals surface area contributed by atoms with E-state index in [0.29, 0.717) is 47.0 Å². The number of amides is 2. The van der Waals surface area contributed by atoms with Crippen LogP contribution in [0.25, 0.3) is 0 Å². The van der Waals surface area contributed by atoms with Gasteiger partial charge in [-0.05, 0) is 73.0 Å². The predicted molar refractivity (Wildman–Crippen MR) is 167 cm³/mol. The standard InChI is InChI=1S/C34H35N3O6/c35-29-18-7-8-19-30(29)37-32(39)21-10-9-20-31(42-27-15-5-2-6-16-27)33(25-12-11-17-28(24-25)41-23-22-38)43-34(40)36-26-13-3-1-4-14-26/h1-8,10-19,21,24,31,33,38H,9,20,22-23,35H2,(H,36,40)(H,37,39)/b21-10+/t31-,33-/m1/s1. The van der Waals surface area contributed by atoms with E-state index >= 15 is 0 Å². The Labute approximate surface area is 250 Å². The van der Waals surface area contributed by atoms with Gasteiger partial charge in [-0.3, -0.25) is 10.1 Å². The zero-order chi connectivity index (χ0) is 30.3. The Hall–Kier alpha value is -5.28. The zero-order valence-corrected chi connectivity index (χ0v) is 23.6. The Bertz CT molecular complexity index is 1480. The third-order valence-corrected chi connectivity index (χ3v) is 6.27. The quantitative estimate of drug-likeness (QED) is 0.101. The summed E-state index contributed by atoms with van der Waals surface area (Å²) in [5.74, 6) is 0.791. The van der Waals surface area contributed by atoms with Gasteiger partial charge in [0.2, 0.25) is 5.91 Å². The molecule has 2 atom stereocenters. The summed E-state index contributed by atoms with van der Waals surface area (Å²) >= 11 is 0. The number of anilines is 3. The minimum Gasteiger partial charge on any atom is -0.491 e. The van der Waals surface area contributed by atoms with Crippen LogP contribution in [0.3, 0.4) is 0 Å². The number of aliphatic hydroxyl groups excluding tert-OH is 1. The average Bonchev–Trinajstić information content (AvgIpc) is 3.02. The SMILES string of the molecule is Nc1ccccc1NC(=O)/C=C/CC[C@@H](Oc1ccccc1)[C@H](OC(=O)Nc1ccccc1)c1cccc(OCCO)c1. The van der Waals surface area contributed by atoms with Gasteiger partial charge >= 0.3 is 6.09 Å². The zero-order valence-electron chi connectivity index (χ0n) is 23.6. The molecule has 0 aromatic heterocycles. The van der Waals surface area contributed by atoms with Gasteiger partial charge in [0.25, 0.3) is 0 Å². The molecule has 4 aromatic carbocycles. The van der Waals surface area contributed by atoms with Gasteiger partial charge in [0.05, 0.1) is 18.0 Å². The van der Waals surface area contributed by atoms with Crippen LogP contribution in [0.4, 0.5) is 21.9 Å². The highest BCUT2D eigenvalue weighted by atomic mass is 16.6. The summed E-state index contributed by atoms with van der Waals surface area (Å²) in [6, 6.07) is 32.4. The van der Waals surface area contributed by atoms with E-state index in [0.717, 1.165) is 0 Å². The Morgan fingerprint density at radius 3 is 2.28 bits per heavy atom. The van der Waals surface area contributed by atoms with Crippen molar-refractivity contribution in [2.75, 3.05) is 29.6 Å². The van der Waals surface area contributed by atoms with Gasteiger partial charge in [0.15, 0.2) is 6.10 Å². The molecular weight excluding hydrogens is 546 g/mol. The molecule has 0 heterocycles. The van der Waals surface area contributed by atoms with Gasteiger partial charge in [-0.15, -0.1) is 0 Å². The number of rotatable bonds is 14. The molecule has 4 aromatic rings. The van der Waals surface area contributed by atoms with Crippen LogP contribution in [0.2, 0.25) is 0 Å². The predicted octanol–water partition coefficient (Wildman–Crippen LogP) is 6.35. The number of allylic oxidation sites excluding steroid dienone is 1. The second-order valence-corrected chi connectivity index (χ2v) is 9.49. The summed E-state index contributed by atoms with van der Waals surface area (Å²) < 4.78 is 18.0. The van der Waals surface area contributed by atoms with Crippen LogP contribution in [-0.2, 0) is 9.53 Å². The molecule has 0 fully saturated rings. The van der Waals surface area contributed by atoms with Crippen molar-refractivity contribution in [2.24, 2.45) is 0 Å². The normalized spacial score (nSPS) is 12.2. The Morgan fingerprint density at radius 2 is 1.53 bits per heavy atom. The summed E-state index contributed by atoms with van der Waals surface area (Å²) in [4.78, 5) is 25.6. The molecule has 0 radical (unpaired) electrons. The average molecular weight is 582 g/mol. The molecule has 4 rings (SSSR count). The van der Waals surface area contributed by atoms with E-state index in [4.69, 9.17) is 19.9 Å². The molecule has 222 valence electrons. The Balaban J connectivity index is 1.56. The van der Waals surface area contributed by atoms with E-state index in [9.17, 15) is 14.7 Å². The first kappa shape index (κ1) is 30.7. The van der Waals surface area contributed by atoms with Gasteiger partial charge in [0, 0.05) is 5.69 Å². The second-order valence-electron chi connectivity index (χ2n) is 9.49. The van der Waals surface area contributed by atoms with Crippen LogP contribution in [0.15, 0.2) is 121 Å². The number of carbonyl (C=O) groups is 2. The van der Waals surface area contributed by atoms with Crippen molar-refractivity contribution in [3.05, 3.63) is 127 Å². The van der Waals surface area contributed by atoms with E-state index < -0.39 is 18.3 Å². The van der Waals surface area contributed by atoms with Crippen LogP contribution in [0.1, 0.15) is 24.5 Å². The van der Waals surface area contributed by atoms with Crippen LogP contribution < -0.4 is 25.8 Å². The molecule has 0 aliphatic carbocycles. The molecular formula is C34H35N3O6. The minimum atomic E-state index is -0.854. The smallest absolute Gasteiger partial charge is 0.412 e. The van der Waals surface area contributed by atoms with Crippen molar-refractivity contribution in [3.63, 3.8) is 0 Å². The summed E-state index contributed by atoms with van der Waals surface area (Å²) in [5, 5.41) is 14.7. The Morgan fingerprint density at radius 1 is 0.837 bits per heavy atom. The highest BCUT2D eigenvalue weighted by molar-refractivity contribution is 6.01. The van der Waals surface area contributed by atoms with Gasteiger partial charge in [-0.25, -0.2) is 4.79 Å². The number of ether oxygens (including phenoxy) is 3. The minimum absolute atomic E-state index is 0.120. The highest BCUT2D eigenvalue weighted by Gasteiger charge is 2.29. The summed E-state index contributed by atoms with van der Waals surface area (Å²) in [7, 11) is 0. The lowest BCUT2D eigenvalue weighted by molar-refractivity contribution is -0.111. The monoisotopic (exact) mass is 581 g/mol. The fourth-order valence-corrected chi connectivity index (χ4v) is 4.27. The maximum Gasteiger partial charge on any atom is 0.412 e. The molecule has 0 bridgehead atoms. The van der Waals surface area contributed by atoms with Gasteiger partial charge in [-0.2, -0.15) is 0 Å². The third kappa shape index (κ3) is 9.94. The summed E-state index contributed by atoms with van der Waals surface area (Å²) in [5.41, 5.74) is 8.15. The van der Waals surface area contributed by atoms with E-state index in [-0.39, 0.29) is 19.1 Å². The fraction of sp³-hybridized carbons (Fsp3) is 0.176. The van der Waals surface area contributed by atoms with Crippen molar-refractivity contribution in [1.82, 2.24) is 0 Å². The Kier molecular flexibility index (Phi) is 11.6. The molecule has 9 nitrogen and oxygen atoms in total. The first-order valence-electron chi connectivity index (χ1n) is 13.9. The third-order valence-electron chi connectivity index (χ3n) is 6.27. The second kappa shape index (κ2) is 16.2. The van der Waals surface area contributed by atoms with Crippen molar-refractivity contribution >= 4 is 29.1 Å². The summed E-state index contributed by atoms with van der Waals surface area (Å²) in [6.07, 6.45) is 1.86. The van der Waals surface area contributed by atoms with Gasteiger partial charge in [-0.1, -0.05) is 66.7 Å². The molecule has 0 unspecified atom stereocenters. The van der Waals surface area contributed by atoms with Crippen LogP contribution in [0.5, 0.6) is 11.5 Å². The van der Waals surface area contributed by atoms with Crippen LogP contribution in [-0.4, -0.2) is 36.4 Å². The van der Waals surface area contributed by atoms with E-state index in [2.05, 4.69) is 10.6 Å². The van der Waals surface area contributed by atoms with Gasteiger partial charge in [0.1, 0.15) is 24.2 Å². The number of hydrogen-bond acceptors (Lipinski definition) is 7. The lowest BCUT2D eigenvalue weighted by Gasteiger charge is -2.28. The largest absolute Gasteiger partial charge is 0.491 e. The number of nitrogen functional groups attached to an aromatic ring is 1.